The molecule has 78 valence electrons. The van der Waals surface area contributed by atoms with Crippen molar-refractivity contribution in [2.45, 2.75) is 6.92 Å². The highest BCUT2D eigenvalue weighted by Crippen LogP contribution is 2.01. The quantitative estimate of drug-likeness (QED) is 0.314. The van der Waals surface area contributed by atoms with E-state index in [-0.39, 0.29) is 0 Å². The molecule has 5 nitrogen and oxygen atoms in total. The Morgan fingerprint density at radius 3 is 3.00 bits per heavy atom. The van der Waals surface area contributed by atoms with E-state index in [9.17, 15) is 4.79 Å². The summed E-state index contributed by atoms with van der Waals surface area (Å²) in [4.78, 5) is 14.8. The molecule has 0 unspecified atom stereocenters. The van der Waals surface area contributed by atoms with Crippen molar-refractivity contribution in [3.63, 3.8) is 0 Å². The highest BCUT2D eigenvalue weighted by atomic mass is 16.5. The number of pyridine rings is 1. The molecule has 0 spiro atoms. The van der Waals surface area contributed by atoms with Gasteiger partial charge < -0.3 is 10.2 Å². The van der Waals surface area contributed by atoms with Gasteiger partial charge in [0.15, 0.2) is 0 Å². The van der Waals surface area contributed by atoms with Gasteiger partial charge in [0, 0.05) is 17.7 Å². The van der Waals surface area contributed by atoms with Crippen LogP contribution in [0.1, 0.15) is 12.5 Å². The number of carbonyl (C=O) groups is 1. The number of anilines is 1. The molecule has 1 rings (SSSR count). The molecule has 0 radical (unpaired) electrons. The number of hydrogen-bond acceptors (Lipinski definition) is 5. The van der Waals surface area contributed by atoms with E-state index in [2.05, 4.69) is 27.0 Å². The van der Waals surface area contributed by atoms with E-state index < -0.39 is 5.97 Å². The van der Waals surface area contributed by atoms with Crippen LogP contribution < -0.4 is 11.3 Å². The van der Waals surface area contributed by atoms with E-state index in [0.717, 1.165) is 0 Å². The Balaban J connectivity index is 2.68. The van der Waals surface area contributed by atoms with Crippen LogP contribution in [0, 0.1) is 11.8 Å². The van der Waals surface area contributed by atoms with Crippen molar-refractivity contribution in [3.8, 4) is 11.8 Å². The molecule has 0 aliphatic rings. The first kappa shape index (κ1) is 11.0. The van der Waals surface area contributed by atoms with Crippen LogP contribution in [-0.4, -0.2) is 17.6 Å². The smallest absolute Gasteiger partial charge is 0.384 e. The van der Waals surface area contributed by atoms with E-state index >= 15 is 0 Å². The summed E-state index contributed by atoms with van der Waals surface area (Å²) in [6, 6.07) is 3.36. The molecule has 0 aliphatic carbocycles. The second-order valence-electron chi connectivity index (χ2n) is 2.55. The number of nitrogens with zero attached hydrogens (tertiary/aromatic N) is 1. The second kappa shape index (κ2) is 5.62. The molecule has 3 N–H and O–H groups in total. The predicted molar refractivity (Wildman–Crippen MR) is 55.6 cm³/mol. The van der Waals surface area contributed by atoms with Crippen LogP contribution in [0.3, 0.4) is 0 Å². The minimum atomic E-state index is -0.543. The molecule has 0 amide bonds. The molecule has 0 fully saturated rings. The molecule has 0 saturated heterocycles. The lowest BCUT2D eigenvalue weighted by molar-refractivity contribution is -0.136. The average Bonchev–Trinajstić information content (AvgIpc) is 2.27. The van der Waals surface area contributed by atoms with Gasteiger partial charge in [0.05, 0.1) is 6.61 Å². The van der Waals surface area contributed by atoms with E-state index in [1.807, 2.05) is 0 Å². The normalized spacial score (nSPS) is 8.67. The van der Waals surface area contributed by atoms with Crippen molar-refractivity contribution >= 4 is 11.8 Å². The highest BCUT2D eigenvalue weighted by molar-refractivity contribution is 5.89. The van der Waals surface area contributed by atoms with Gasteiger partial charge in [0.25, 0.3) is 0 Å². The number of carbonyl (C=O) groups excluding carboxylic acids is 1. The highest BCUT2D eigenvalue weighted by Gasteiger charge is 1.93. The maximum Gasteiger partial charge on any atom is 0.384 e. The van der Waals surface area contributed by atoms with Crippen LogP contribution in [0.4, 0.5) is 5.82 Å². The second-order valence-corrected chi connectivity index (χ2v) is 2.55. The zero-order valence-electron chi connectivity index (χ0n) is 8.28. The van der Waals surface area contributed by atoms with Crippen molar-refractivity contribution < 1.29 is 9.53 Å². The number of hydrazine groups is 1. The standard InChI is InChI=1S/C10H11N3O2/c1-2-15-10(14)6-4-8-3-5-9(13-11)12-7-8/h3,5,7H,2,11H2,1H3,(H,12,13). The topological polar surface area (TPSA) is 77.2 Å². The Bertz CT molecular complexity index is 389. The van der Waals surface area contributed by atoms with Crippen LogP contribution in [0.25, 0.3) is 0 Å². The number of esters is 1. The largest absolute Gasteiger partial charge is 0.456 e. The van der Waals surface area contributed by atoms with Gasteiger partial charge in [0.2, 0.25) is 0 Å². The summed E-state index contributed by atoms with van der Waals surface area (Å²) < 4.78 is 4.64. The number of nitrogen functional groups attached to an aromatic ring is 1. The average molecular weight is 205 g/mol. The van der Waals surface area contributed by atoms with E-state index in [4.69, 9.17) is 5.84 Å². The Morgan fingerprint density at radius 1 is 1.67 bits per heavy atom. The lowest BCUT2D eigenvalue weighted by atomic mass is 10.3. The van der Waals surface area contributed by atoms with Gasteiger partial charge in [-0.1, -0.05) is 5.92 Å². The van der Waals surface area contributed by atoms with Crippen molar-refractivity contribution in [1.29, 1.82) is 0 Å². The van der Waals surface area contributed by atoms with Crippen LogP contribution >= 0.6 is 0 Å². The molecule has 5 heteroatoms. The third kappa shape index (κ3) is 3.67. The lowest BCUT2D eigenvalue weighted by Crippen LogP contribution is -2.07. The third-order valence-electron chi connectivity index (χ3n) is 1.50. The molecule has 1 aromatic rings. The molecule has 15 heavy (non-hydrogen) atoms. The van der Waals surface area contributed by atoms with Gasteiger partial charge in [0.1, 0.15) is 5.82 Å². The monoisotopic (exact) mass is 205 g/mol. The predicted octanol–water partition coefficient (Wildman–Crippen LogP) is 0.282. The number of aromatic nitrogens is 1. The molecule has 0 bridgehead atoms. The van der Waals surface area contributed by atoms with Gasteiger partial charge in [-0.2, -0.15) is 0 Å². The fourth-order valence-corrected chi connectivity index (χ4v) is 0.844. The molecule has 1 heterocycles. The van der Waals surface area contributed by atoms with Gasteiger partial charge in [-0.25, -0.2) is 15.6 Å². The fourth-order valence-electron chi connectivity index (χ4n) is 0.844. The number of rotatable bonds is 2. The number of hydrogen-bond donors (Lipinski definition) is 2. The summed E-state index contributed by atoms with van der Waals surface area (Å²) in [5.41, 5.74) is 3.02. The van der Waals surface area contributed by atoms with Crippen molar-refractivity contribution in [1.82, 2.24) is 4.98 Å². The number of ether oxygens (including phenoxy) is 1. The van der Waals surface area contributed by atoms with Crippen LogP contribution in [0.15, 0.2) is 18.3 Å². The minimum Gasteiger partial charge on any atom is -0.456 e. The van der Waals surface area contributed by atoms with Crippen molar-refractivity contribution in [2.24, 2.45) is 5.84 Å². The summed E-state index contributed by atoms with van der Waals surface area (Å²) in [6.07, 6.45) is 1.52. The third-order valence-corrected chi connectivity index (χ3v) is 1.50. The Hall–Kier alpha value is -2.06. The zero-order valence-corrected chi connectivity index (χ0v) is 8.28. The molecule has 0 aromatic carbocycles. The first-order valence-electron chi connectivity index (χ1n) is 4.37. The van der Waals surface area contributed by atoms with E-state index in [1.165, 1.54) is 6.20 Å². The minimum absolute atomic E-state index is 0.321. The molecule has 0 saturated carbocycles. The maximum atomic E-state index is 10.9. The Morgan fingerprint density at radius 2 is 2.47 bits per heavy atom. The van der Waals surface area contributed by atoms with Crippen LogP contribution in [0.5, 0.6) is 0 Å². The zero-order chi connectivity index (χ0) is 11.1. The van der Waals surface area contributed by atoms with Gasteiger partial charge in [-0.05, 0) is 19.1 Å². The number of nitrogens with one attached hydrogen (secondary N) is 1. The summed E-state index contributed by atoms with van der Waals surface area (Å²) >= 11 is 0. The maximum absolute atomic E-state index is 10.9. The molecule has 1 aromatic heterocycles. The number of nitrogens with two attached hydrogens (primary N) is 1. The molecular formula is C10H11N3O2. The SMILES string of the molecule is CCOC(=O)C#Cc1ccc(NN)nc1. The van der Waals surface area contributed by atoms with Gasteiger partial charge >= 0.3 is 5.97 Å². The van der Waals surface area contributed by atoms with E-state index in [0.29, 0.717) is 18.0 Å². The summed E-state index contributed by atoms with van der Waals surface area (Å²) in [5.74, 6) is 10.1. The Kier molecular flexibility index (Phi) is 4.13. The van der Waals surface area contributed by atoms with E-state index in [1.54, 1.807) is 19.1 Å². The molecular weight excluding hydrogens is 194 g/mol. The molecule has 0 aliphatic heterocycles. The summed E-state index contributed by atoms with van der Waals surface area (Å²) in [7, 11) is 0. The van der Waals surface area contributed by atoms with Crippen LogP contribution in [-0.2, 0) is 9.53 Å². The first-order valence-corrected chi connectivity index (χ1v) is 4.37. The van der Waals surface area contributed by atoms with Crippen LogP contribution in [0.2, 0.25) is 0 Å². The fraction of sp³-hybridized carbons (Fsp3) is 0.200. The van der Waals surface area contributed by atoms with Gasteiger partial charge in [-0.15, -0.1) is 0 Å². The summed E-state index contributed by atoms with van der Waals surface area (Å²) in [6.45, 7) is 2.05. The first-order chi connectivity index (χ1) is 7.26. The van der Waals surface area contributed by atoms with Gasteiger partial charge in [-0.3, -0.25) is 0 Å². The summed E-state index contributed by atoms with van der Waals surface area (Å²) in [5, 5.41) is 0. The van der Waals surface area contributed by atoms with Crippen molar-refractivity contribution in [3.05, 3.63) is 23.9 Å². The van der Waals surface area contributed by atoms with Crippen molar-refractivity contribution in [2.75, 3.05) is 12.0 Å². The lowest BCUT2D eigenvalue weighted by Gasteiger charge is -1.96. The molecule has 0 atom stereocenters. The Labute approximate surface area is 87.6 Å².